The van der Waals surface area contributed by atoms with Crippen LogP contribution < -0.4 is 5.32 Å². The molecule has 6 nitrogen and oxygen atoms in total. The number of Topliss-reactive ketones (excluding diaryl/α,β-unsaturated/α-hetero) is 1. The van der Waals surface area contributed by atoms with Crippen LogP contribution in [0.1, 0.15) is 33.6 Å². The molecule has 6 heteroatoms. The van der Waals surface area contributed by atoms with Gasteiger partial charge in [-0.1, -0.05) is 24.3 Å². The van der Waals surface area contributed by atoms with Crippen LogP contribution in [0.5, 0.6) is 0 Å². The Morgan fingerprint density at radius 3 is 2.39 bits per heavy atom. The maximum Gasteiger partial charge on any atom is 0.301 e. The molecule has 0 fully saturated rings. The number of hydrogen-bond donors (Lipinski definition) is 1. The second kappa shape index (κ2) is 5.92. The molecule has 3 aromatic rings. The Morgan fingerprint density at radius 1 is 1.04 bits per heavy atom. The van der Waals surface area contributed by atoms with E-state index < -0.39 is 5.91 Å². The minimum Gasteiger partial charge on any atom is -0.451 e. The number of furan rings is 1. The van der Waals surface area contributed by atoms with Gasteiger partial charge in [0.25, 0.3) is 5.91 Å². The molecule has 0 bridgehead atoms. The van der Waals surface area contributed by atoms with Gasteiger partial charge in [0, 0.05) is 11.1 Å². The number of carbonyl (C=O) groups excluding carboxylic acids is 2. The number of nitrogens with one attached hydrogen (secondary N) is 1. The summed E-state index contributed by atoms with van der Waals surface area (Å²) in [6, 6.07) is 10.4. The summed E-state index contributed by atoms with van der Waals surface area (Å²) < 4.78 is 10.7. The molecule has 0 aliphatic carbocycles. The van der Waals surface area contributed by atoms with E-state index in [4.69, 9.17) is 8.83 Å². The average molecular weight is 310 g/mol. The van der Waals surface area contributed by atoms with Gasteiger partial charge in [-0.2, -0.15) is 0 Å². The summed E-state index contributed by atoms with van der Waals surface area (Å²) in [4.78, 5) is 27.2. The number of ketones is 1. The summed E-state index contributed by atoms with van der Waals surface area (Å²) in [7, 11) is 0. The van der Waals surface area contributed by atoms with Gasteiger partial charge in [-0.25, -0.2) is 4.98 Å². The summed E-state index contributed by atoms with van der Waals surface area (Å²) in [6.45, 7) is 3.24. The number of benzene rings is 1. The van der Waals surface area contributed by atoms with Gasteiger partial charge in [0.05, 0.1) is 6.20 Å². The van der Waals surface area contributed by atoms with Gasteiger partial charge >= 0.3 is 6.01 Å². The van der Waals surface area contributed by atoms with Gasteiger partial charge in [0.1, 0.15) is 11.5 Å². The molecule has 2 aromatic heterocycles. The van der Waals surface area contributed by atoms with Crippen molar-refractivity contribution in [2.45, 2.75) is 13.8 Å². The number of carbonyl (C=O) groups is 2. The first-order chi connectivity index (χ1) is 11.0. The minimum absolute atomic E-state index is 0.00250. The third kappa shape index (κ3) is 3.21. The van der Waals surface area contributed by atoms with Gasteiger partial charge < -0.3 is 8.83 Å². The number of amides is 1. The molecule has 0 unspecified atom stereocenters. The van der Waals surface area contributed by atoms with E-state index in [0.29, 0.717) is 17.1 Å². The first-order valence-corrected chi connectivity index (χ1v) is 6.98. The average Bonchev–Trinajstić information content (AvgIpc) is 3.16. The number of hydrogen-bond acceptors (Lipinski definition) is 5. The van der Waals surface area contributed by atoms with E-state index in [2.05, 4.69) is 10.3 Å². The van der Waals surface area contributed by atoms with Crippen LogP contribution in [0.4, 0.5) is 6.01 Å². The van der Waals surface area contributed by atoms with Crippen molar-refractivity contribution in [3.63, 3.8) is 0 Å². The quantitative estimate of drug-likeness (QED) is 0.743. The largest absolute Gasteiger partial charge is 0.451 e. The maximum absolute atomic E-state index is 12.1. The van der Waals surface area contributed by atoms with Crippen molar-refractivity contribution in [3.8, 4) is 11.3 Å². The van der Waals surface area contributed by atoms with Crippen molar-refractivity contribution in [2.75, 3.05) is 5.32 Å². The molecule has 0 saturated heterocycles. The highest BCUT2D eigenvalue weighted by Crippen LogP contribution is 2.23. The fourth-order valence-electron chi connectivity index (χ4n) is 2.06. The Balaban J connectivity index is 1.77. The number of rotatable bonds is 4. The zero-order valence-electron chi connectivity index (χ0n) is 12.6. The summed E-state index contributed by atoms with van der Waals surface area (Å²) in [5.41, 5.74) is 1.40. The molecule has 3 rings (SSSR count). The van der Waals surface area contributed by atoms with E-state index in [1.54, 1.807) is 43.3 Å². The Kier molecular flexibility index (Phi) is 3.80. The third-order valence-corrected chi connectivity index (χ3v) is 3.25. The second-order valence-corrected chi connectivity index (χ2v) is 5.03. The lowest BCUT2D eigenvalue weighted by molar-refractivity contribution is 0.0992. The van der Waals surface area contributed by atoms with Crippen molar-refractivity contribution in [1.29, 1.82) is 0 Å². The summed E-state index contributed by atoms with van der Waals surface area (Å²) >= 11 is 0. The van der Waals surface area contributed by atoms with E-state index >= 15 is 0 Å². The van der Waals surface area contributed by atoms with Crippen LogP contribution in [0.25, 0.3) is 11.3 Å². The van der Waals surface area contributed by atoms with Crippen LogP contribution >= 0.6 is 0 Å². The molecule has 0 radical (unpaired) electrons. The highest BCUT2D eigenvalue weighted by atomic mass is 16.4. The highest BCUT2D eigenvalue weighted by molar-refractivity contribution is 6.01. The standard InChI is InChI=1S/C17H14N2O4/c1-10-9-18-17(22-10)19-16(21)15-8-7-14(23-15)13-5-3-12(4-6-13)11(2)20/h3-9H,1-2H3,(H,18,19,21). The van der Waals surface area contributed by atoms with Gasteiger partial charge in [-0.05, 0) is 26.0 Å². The van der Waals surface area contributed by atoms with Crippen LogP contribution in [0.2, 0.25) is 0 Å². The maximum atomic E-state index is 12.1. The third-order valence-electron chi connectivity index (χ3n) is 3.25. The lowest BCUT2D eigenvalue weighted by Crippen LogP contribution is -2.10. The molecule has 0 saturated carbocycles. The molecule has 1 N–H and O–H groups in total. The lowest BCUT2D eigenvalue weighted by atomic mass is 10.1. The van der Waals surface area contributed by atoms with Gasteiger partial charge in [0.2, 0.25) is 0 Å². The minimum atomic E-state index is -0.446. The van der Waals surface area contributed by atoms with Crippen molar-refractivity contribution in [1.82, 2.24) is 4.98 Å². The van der Waals surface area contributed by atoms with E-state index in [1.807, 2.05) is 0 Å². The molecule has 116 valence electrons. The summed E-state index contributed by atoms with van der Waals surface area (Å²) in [6.07, 6.45) is 1.51. The van der Waals surface area contributed by atoms with Crippen molar-refractivity contribution in [2.24, 2.45) is 0 Å². The molecule has 1 aromatic carbocycles. The van der Waals surface area contributed by atoms with Gasteiger partial charge in [0.15, 0.2) is 11.5 Å². The van der Waals surface area contributed by atoms with Crippen molar-refractivity contribution >= 4 is 17.7 Å². The summed E-state index contributed by atoms with van der Waals surface area (Å²) in [5.74, 6) is 0.835. The Morgan fingerprint density at radius 2 is 1.78 bits per heavy atom. The van der Waals surface area contributed by atoms with E-state index in [-0.39, 0.29) is 17.6 Å². The predicted molar refractivity (Wildman–Crippen MR) is 83.3 cm³/mol. The molecular formula is C17H14N2O4. The first kappa shape index (κ1) is 14.8. The molecule has 1 amide bonds. The molecular weight excluding hydrogens is 296 g/mol. The number of nitrogens with zero attached hydrogens (tertiary/aromatic N) is 1. The van der Waals surface area contributed by atoms with E-state index in [9.17, 15) is 9.59 Å². The van der Waals surface area contributed by atoms with E-state index in [1.165, 1.54) is 13.1 Å². The zero-order chi connectivity index (χ0) is 16.4. The van der Waals surface area contributed by atoms with Gasteiger partial charge in [-0.15, -0.1) is 0 Å². The Labute approximate surface area is 132 Å². The summed E-state index contributed by atoms with van der Waals surface area (Å²) in [5, 5.41) is 2.51. The highest BCUT2D eigenvalue weighted by Gasteiger charge is 2.14. The lowest BCUT2D eigenvalue weighted by Gasteiger charge is -2.00. The van der Waals surface area contributed by atoms with Gasteiger partial charge in [-0.3, -0.25) is 14.9 Å². The SMILES string of the molecule is CC(=O)c1ccc(-c2ccc(C(=O)Nc3ncc(C)o3)o2)cc1. The van der Waals surface area contributed by atoms with Crippen LogP contribution in [0, 0.1) is 6.92 Å². The number of aryl methyl sites for hydroxylation is 1. The molecule has 0 atom stereocenters. The molecule has 0 spiro atoms. The molecule has 2 heterocycles. The van der Waals surface area contributed by atoms with E-state index in [0.717, 1.165) is 5.56 Å². The number of anilines is 1. The number of oxazole rings is 1. The fourth-order valence-corrected chi connectivity index (χ4v) is 2.06. The molecule has 0 aliphatic heterocycles. The second-order valence-electron chi connectivity index (χ2n) is 5.03. The zero-order valence-corrected chi connectivity index (χ0v) is 12.6. The van der Waals surface area contributed by atoms with Crippen molar-refractivity contribution < 1.29 is 18.4 Å². The predicted octanol–water partition coefficient (Wildman–Crippen LogP) is 3.70. The fraction of sp³-hybridized carbons (Fsp3) is 0.118. The molecule has 23 heavy (non-hydrogen) atoms. The Hall–Kier alpha value is -3.15. The smallest absolute Gasteiger partial charge is 0.301 e. The topological polar surface area (TPSA) is 85.3 Å². The molecule has 0 aliphatic rings. The monoisotopic (exact) mass is 310 g/mol. The van der Waals surface area contributed by atoms with Crippen molar-refractivity contribution in [3.05, 3.63) is 59.7 Å². The number of aromatic nitrogens is 1. The van der Waals surface area contributed by atoms with Crippen LogP contribution in [-0.4, -0.2) is 16.7 Å². The van der Waals surface area contributed by atoms with Crippen LogP contribution in [-0.2, 0) is 0 Å². The Bertz CT molecular complexity index is 859. The van der Waals surface area contributed by atoms with Crippen LogP contribution in [0.3, 0.4) is 0 Å². The van der Waals surface area contributed by atoms with Crippen LogP contribution in [0.15, 0.2) is 51.4 Å². The first-order valence-electron chi connectivity index (χ1n) is 6.98. The normalized spacial score (nSPS) is 10.5.